The maximum absolute atomic E-state index is 13.3. The van der Waals surface area contributed by atoms with E-state index in [2.05, 4.69) is 5.16 Å². The summed E-state index contributed by atoms with van der Waals surface area (Å²) in [6.45, 7) is 1.08. The first-order valence-electron chi connectivity index (χ1n) is 11.1. The fourth-order valence-corrected chi connectivity index (χ4v) is 4.68. The minimum atomic E-state index is -0.689. The van der Waals surface area contributed by atoms with Crippen LogP contribution in [-0.2, 0) is 14.3 Å². The average molecular weight is 460 g/mol. The van der Waals surface area contributed by atoms with Gasteiger partial charge < -0.3 is 19.1 Å². The molecular weight excluding hydrogens is 436 g/mol. The average Bonchev–Trinajstić information content (AvgIpc) is 3.52. The third-order valence-corrected chi connectivity index (χ3v) is 6.44. The van der Waals surface area contributed by atoms with Crippen LogP contribution in [0.4, 0.5) is 5.69 Å². The molecule has 3 heterocycles. The molecular formula is C26H24N2O6. The summed E-state index contributed by atoms with van der Waals surface area (Å²) in [5.74, 6) is -0.926. The van der Waals surface area contributed by atoms with Crippen LogP contribution in [-0.4, -0.2) is 48.3 Å². The van der Waals surface area contributed by atoms with Gasteiger partial charge in [0, 0.05) is 36.1 Å². The van der Waals surface area contributed by atoms with Crippen LogP contribution in [0.2, 0.25) is 0 Å². The van der Waals surface area contributed by atoms with Crippen molar-refractivity contribution in [2.75, 3.05) is 25.2 Å². The lowest BCUT2D eigenvalue weighted by Gasteiger charge is -2.34. The number of methoxy groups -OCH3 is 1. The van der Waals surface area contributed by atoms with Gasteiger partial charge in [-0.15, -0.1) is 0 Å². The second-order valence-electron chi connectivity index (χ2n) is 8.32. The molecule has 1 atom stereocenters. The molecule has 8 nitrogen and oxygen atoms in total. The number of Topliss-reactive ketones (excluding diaryl/α,β-unsaturated/α-hetero) is 1. The first kappa shape index (κ1) is 21.9. The van der Waals surface area contributed by atoms with Crippen LogP contribution in [0.25, 0.3) is 17.0 Å². The van der Waals surface area contributed by atoms with Gasteiger partial charge in [-0.2, -0.15) is 0 Å². The molecule has 0 aliphatic carbocycles. The summed E-state index contributed by atoms with van der Waals surface area (Å²) in [5, 5.41) is 15.1. The minimum absolute atomic E-state index is 0.0326. The maximum Gasteiger partial charge on any atom is 0.299 e. The summed E-state index contributed by atoms with van der Waals surface area (Å²) in [4.78, 5) is 28.0. The van der Waals surface area contributed by atoms with Crippen LogP contribution in [0.5, 0.6) is 5.75 Å². The van der Waals surface area contributed by atoms with E-state index in [-0.39, 0.29) is 17.3 Å². The highest BCUT2D eigenvalue weighted by Crippen LogP contribution is 2.40. The second kappa shape index (κ2) is 9.15. The highest BCUT2D eigenvalue weighted by atomic mass is 16.5. The van der Waals surface area contributed by atoms with Crippen LogP contribution < -0.4 is 9.64 Å². The topological polar surface area (TPSA) is 102 Å². The van der Waals surface area contributed by atoms with Crippen molar-refractivity contribution in [3.8, 4) is 17.0 Å². The fraction of sp³-hybridized carbons (Fsp3) is 0.269. The number of aliphatic hydroxyl groups is 1. The van der Waals surface area contributed by atoms with Gasteiger partial charge in [0.15, 0.2) is 0 Å². The number of aliphatic hydroxyl groups excluding tert-OH is 1. The van der Waals surface area contributed by atoms with Gasteiger partial charge in [-0.25, -0.2) is 0 Å². The molecule has 5 rings (SSSR count). The summed E-state index contributed by atoms with van der Waals surface area (Å²) in [6, 6.07) is 15.2. The number of carbonyl (C=O) groups excluding carboxylic acids is 2. The first-order chi connectivity index (χ1) is 16.6. The summed E-state index contributed by atoms with van der Waals surface area (Å²) < 4.78 is 15.6. The predicted octanol–water partition coefficient (Wildman–Crippen LogP) is 4.03. The van der Waals surface area contributed by atoms with E-state index < -0.39 is 17.7 Å². The molecule has 0 spiro atoms. The van der Waals surface area contributed by atoms with Gasteiger partial charge in [0.2, 0.25) is 0 Å². The standard InChI is InChI=1S/C26H24N2O6/c1-32-20-8-4-18(5-9-20)24(29)22-23(17-10-13-33-14-11-17)28(26(31)25(22)30)19-6-2-16(3-7-19)21-12-15-34-27-21/h2-9,12,15,17,23,29H,10-11,13-14H2,1H3/b24-22-. The van der Waals surface area contributed by atoms with Crippen molar-refractivity contribution in [2.24, 2.45) is 5.92 Å². The smallest absolute Gasteiger partial charge is 0.299 e. The van der Waals surface area contributed by atoms with Gasteiger partial charge in [-0.05, 0) is 55.2 Å². The molecule has 3 aromatic rings. The van der Waals surface area contributed by atoms with Crippen molar-refractivity contribution in [1.82, 2.24) is 5.16 Å². The van der Waals surface area contributed by atoms with Gasteiger partial charge in [0.05, 0.1) is 18.7 Å². The molecule has 8 heteroatoms. The number of ether oxygens (including phenoxy) is 2. The molecule has 2 aliphatic rings. The Labute approximate surface area is 196 Å². The minimum Gasteiger partial charge on any atom is -0.507 e. The molecule has 0 bridgehead atoms. The van der Waals surface area contributed by atoms with Gasteiger partial charge in [-0.1, -0.05) is 17.3 Å². The lowest BCUT2D eigenvalue weighted by atomic mass is 9.85. The zero-order chi connectivity index (χ0) is 23.7. The van der Waals surface area contributed by atoms with Gasteiger partial charge in [0.25, 0.3) is 11.7 Å². The molecule has 2 aliphatic heterocycles. The summed E-state index contributed by atoms with van der Waals surface area (Å²) in [5.41, 5.74) is 2.67. The largest absolute Gasteiger partial charge is 0.507 e. The van der Waals surface area contributed by atoms with Crippen molar-refractivity contribution < 1.29 is 28.7 Å². The number of benzene rings is 2. The van der Waals surface area contributed by atoms with Crippen molar-refractivity contribution in [3.63, 3.8) is 0 Å². The Bertz CT molecular complexity index is 1210. The number of nitrogens with zero attached hydrogens (tertiary/aromatic N) is 2. The van der Waals surface area contributed by atoms with Crippen LogP contribution in [0.1, 0.15) is 18.4 Å². The van der Waals surface area contributed by atoms with Gasteiger partial charge in [-0.3, -0.25) is 14.5 Å². The Morgan fingerprint density at radius 3 is 2.35 bits per heavy atom. The van der Waals surface area contributed by atoms with Crippen molar-refractivity contribution in [3.05, 3.63) is 72.0 Å². The van der Waals surface area contributed by atoms with Crippen molar-refractivity contribution in [2.45, 2.75) is 18.9 Å². The van der Waals surface area contributed by atoms with Crippen LogP contribution >= 0.6 is 0 Å². The molecule has 1 N–H and O–H groups in total. The quantitative estimate of drug-likeness (QED) is 0.348. The van der Waals surface area contributed by atoms with Gasteiger partial charge in [0.1, 0.15) is 23.5 Å². The van der Waals surface area contributed by atoms with Crippen molar-refractivity contribution >= 4 is 23.1 Å². The molecule has 0 saturated carbocycles. The normalized spacial score (nSPS) is 20.6. The predicted molar refractivity (Wildman–Crippen MR) is 124 cm³/mol. The first-order valence-corrected chi connectivity index (χ1v) is 11.1. The zero-order valence-electron chi connectivity index (χ0n) is 18.6. The molecule has 0 radical (unpaired) electrons. The number of aromatic nitrogens is 1. The lowest BCUT2D eigenvalue weighted by molar-refractivity contribution is -0.132. The zero-order valence-corrected chi connectivity index (χ0v) is 18.6. The summed E-state index contributed by atoms with van der Waals surface area (Å²) in [6.07, 6.45) is 2.85. The number of ketones is 1. The Kier molecular flexibility index (Phi) is 5.90. The Hall–Kier alpha value is -3.91. The molecule has 1 unspecified atom stereocenters. The number of rotatable bonds is 5. The Balaban J connectivity index is 1.58. The number of carbonyl (C=O) groups is 2. The SMILES string of the molecule is COc1ccc(/C(O)=C2/C(=O)C(=O)N(c3ccc(-c4ccon4)cc3)C2C2CCOCC2)cc1. The Morgan fingerprint density at radius 2 is 1.74 bits per heavy atom. The maximum atomic E-state index is 13.3. The van der Waals surface area contributed by atoms with E-state index in [9.17, 15) is 14.7 Å². The Morgan fingerprint density at radius 1 is 1.03 bits per heavy atom. The fourth-order valence-electron chi connectivity index (χ4n) is 4.68. The number of hydrogen-bond donors (Lipinski definition) is 1. The summed E-state index contributed by atoms with van der Waals surface area (Å²) in [7, 11) is 1.56. The number of anilines is 1. The molecule has 174 valence electrons. The molecule has 2 fully saturated rings. The summed E-state index contributed by atoms with van der Waals surface area (Å²) >= 11 is 0. The monoisotopic (exact) mass is 460 g/mol. The number of amides is 1. The van der Waals surface area contributed by atoms with Crippen LogP contribution in [0.15, 0.2) is 71.0 Å². The van der Waals surface area contributed by atoms with E-state index in [1.54, 1.807) is 49.6 Å². The number of hydrogen-bond acceptors (Lipinski definition) is 7. The third-order valence-electron chi connectivity index (χ3n) is 6.44. The van der Waals surface area contributed by atoms with Gasteiger partial charge >= 0.3 is 0 Å². The molecule has 1 amide bonds. The van der Waals surface area contributed by atoms with E-state index >= 15 is 0 Å². The highest BCUT2D eigenvalue weighted by molar-refractivity contribution is 6.51. The van der Waals surface area contributed by atoms with Crippen LogP contribution in [0.3, 0.4) is 0 Å². The van der Waals surface area contributed by atoms with E-state index in [1.165, 1.54) is 11.2 Å². The van der Waals surface area contributed by atoms with Crippen molar-refractivity contribution in [1.29, 1.82) is 0 Å². The van der Waals surface area contributed by atoms with E-state index in [0.29, 0.717) is 48.7 Å². The molecule has 2 saturated heterocycles. The highest BCUT2D eigenvalue weighted by Gasteiger charge is 2.49. The molecule has 2 aromatic carbocycles. The van der Waals surface area contributed by atoms with E-state index in [1.807, 2.05) is 12.1 Å². The second-order valence-corrected chi connectivity index (χ2v) is 8.32. The van der Waals surface area contributed by atoms with E-state index in [4.69, 9.17) is 14.0 Å². The molecule has 1 aromatic heterocycles. The molecule has 34 heavy (non-hydrogen) atoms. The lowest BCUT2D eigenvalue weighted by Crippen LogP contribution is -2.41. The van der Waals surface area contributed by atoms with Crippen LogP contribution in [0, 0.1) is 5.92 Å². The van der Waals surface area contributed by atoms with E-state index in [0.717, 1.165) is 5.56 Å². The third kappa shape index (κ3) is 3.86.